The zero-order valence-corrected chi connectivity index (χ0v) is 11.1. The Bertz CT molecular complexity index is 395. The smallest absolute Gasteiger partial charge is 0.214 e. The first-order valence-corrected chi connectivity index (χ1v) is 6.49. The van der Waals surface area contributed by atoms with Crippen molar-refractivity contribution in [1.82, 2.24) is 4.98 Å². The van der Waals surface area contributed by atoms with Crippen LogP contribution in [-0.4, -0.2) is 29.4 Å². The first-order chi connectivity index (χ1) is 8.71. The van der Waals surface area contributed by atoms with Crippen LogP contribution in [0.5, 0.6) is 5.88 Å². The molecule has 0 bridgehead atoms. The lowest BCUT2D eigenvalue weighted by atomic mass is 9.95. The molecule has 2 rings (SSSR count). The molecular formula is C14H21NO3. The number of aliphatic hydroxyl groups is 1. The molecule has 1 aliphatic rings. The van der Waals surface area contributed by atoms with E-state index in [0.717, 1.165) is 36.9 Å². The Morgan fingerprint density at radius 1 is 1.33 bits per heavy atom. The van der Waals surface area contributed by atoms with Crippen molar-refractivity contribution in [3.63, 3.8) is 0 Å². The second kappa shape index (κ2) is 6.16. The fourth-order valence-corrected chi connectivity index (χ4v) is 2.45. The van der Waals surface area contributed by atoms with Crippen LogP contribution < -0.4 is 4.74 Å². The molecule has 1 heterocycles. The lowest BCUT2D eigenvalue weighted by molar-refractivity contribution is 0.0194. The Morgan fingerprint density at radius 2 is 2.11 bits per heavy atom. The van der Waals surface area contributed by atoms with Gasteiger partial charge in [0.15, 0.2) is 0 Å². The van der Waals surface area contributed by atoms with Crippen molar-refractivity contribution in [3.05, 3.63) is 23.4 Å². The molecule has 1 aromatic rings. The molecule has 1 saturated carbocycles. The van der Waals surface area contributed by atoms with Gasteiger partial charge in [0.05, 0.1) is 12.7 Å². The van der Waals surface area contributed by atoms with Crippen LogP contribution in [0, 0.1) is 6.92 Å². The Labute approximate surface area is 108 Å². The highest BCUT2D eigenvalue weighted by molar-refractivity contribution is 5.24. The van der Waals surface area contributed by atoms with Crippen molar-refractivity contribution >= 4 is 0 Å². The number of ether oxygens (including phenoxy) is 2. The van der Waals surface area contributed by atoms with Gasteiger partial charge in [-0.05, 0) is 37.8 Å². The Morgan fingerprint density at radius 3 is 2.83 bits per heavy atom. The summed E-state index contributed by atoms with van der Waals surface area (Å²) in [6.07, 6.45) is 4.67. The number of methoxy groups -OCH3 is 1. The number of aryl methyl sites for hydroxylation is 1. The first kappa shape index (κ1) is 13.3. The molecule has 1 aliphatic carbocycles. The van der Waals surface area contributed by atoms with Crippen molar-refractivity contribution in [2.24, 2.45) is 0 Å². The van der Waals surface area contributed by atoms with Gasteiger partial charge in [-0.3, -0.25) is 0 Å². The van der Waals surface area contributed by atoms with E-state index in [-0.39, 0.29) is 12.7 Å². The summed E-state index contributed by atoms with van der Waals surface area (Å²) >= 11 is 0. The predicted molar refractivity (Wildman–Crippen MR) is 68.6 cm³/mol. The van der Waals surface area contributed by atoms with Gasteiger partial charge in [-0.15, -0.1) is 0 Å². The molecule has 2 unspecified atom stereocenters. The Hall–Kier alpha value is -1.13. The summed E-state index contributed by atoms with van der Waals surface area (Å²) in [7, 11) is 1.75. The van der Waals surface area contributed by atoms with Crippen molar-refractivity contribution in [2.45, 2.75) is 51.4 Å². The standard InChI is InChI=1S/C14H21NO3/c1-10-6-11(9-16)7-14(15-10)18-13-5-3-4-12(8-13)17-2/h6-7,12-13,16H,3-5,8-9H2,1-2H3. The fraction of sp³-hybridized carbons (Fsp3) is 0.643. The van der Waals surface area contributed by atoms with Crippen molar-refractivity contribution in [3.8, 4) is 5.88 Å². The second-order valence-electron chi connectivity index (χ2n) is 4.88. The largest absolute Gasteiger partial charge is 0.474 e. The van der Waals surface area contributed by atoms with E-state index >= 15 is 0 Å². The van der Waals surface area contributed by atoms with Gasteiger partial charge in [0.25, 0.3) is 0 Å². The molecule has 4 heteroatoms. The van der Waals surface area contributed by atoms with E-state index in [1.165, 1.54) is 0 Å². The van der Waals surface area contributed by atoms with Crippen LogP contribution in [0.4, 0.5) is 0 Å². The van der Waals surface area contributed by atoms with Gasteiger partial charge in [-0.2, -0.15) is 0 Å². The minimum atomic E-state index is 0.0189. The van der Waals surface area contributed by atoms with Crippen LogP contribution in [0.25, 0.3) is 0 Å². The van der Waals surface area contributed by atoms with Gasteiger partial charge in [0.2, 0.25) is 5.88 Å². The van der Waals surface area contributed by atoms with E-state index in [2.05, 4.69) is 4.98 Å². The van der Waals surface area contributed by atoms with Crippen molar-refractivity contribution < 1.29 is 14.6 Å². The van der Waals surface area contributed by atoms with Crippen LogP contribution in [0.2, 0.25) is 0 Å². The average Bonchev–Trinajstić information content (AvgIpc) is 2.38. The molecule has 0 aliphatic heterocycles. The maximum Gasteiger partial charge on any atom is 0.214 e. The minimum Gasteiger partial charge on any atom is -0.474 e. The van der Waals surface area contributed by atoms with Crippen molar-refractivity contribution in [1.29, 1.82) is 0 Å². The molecule has 0 spiro atoms. The Balaban J connectivity index is 2.02. The highest BCUT2D eigenvalue weighted by atomic mass is 16.5. The summed E-state index contributed by atoms with van der Waals surface area (Å²) in [6, 6.07) is 3.68. The SMILES string of the molecule is COC1CCCC(Oc2cc(CO)cc(C)n2)C1. The highest BCUT2D eigenvalue weighted by Gasteiger charge is 2.23. The Kier molecular flexibility index (Phi) is 4.55. The van der Waals surface area contributed by atoms with Gasteiger partial charge in [-0.25, -0.2) is 4.98 Å². The normalized spacial score (nSPS) is 23.9. The lowest BCUT2D eigenvalue weighted by Gasteiger charge is -2.28. The van der Waals surface area contributed by atoms with E-state index < -0.39 is 0 Å². The summed E-state index contributed by atoms with van der Waals surface area (Å²) in [4.78, 5) is 4.35. The van der Waals surface area contributed by atoms with Crippen LogP contribution in [0.3, 0.4) is 0 Å². The molecule has 0 saturated heterocycles. The zero-order chi connectivity index (χ0) is 13.0. The van der Waals surface area contributed by atoms with Crippen LogP contribution >= 0.6 is 0 Å². The maximum atomic E-state index is 9.17. The van der Waals surface area contributed by atoms with Gasteiger partial charge in [0.1, 0.15) is 6.10 Å². The predicted octanol–water partition coefficient (Wildman–Crippen LogP) is 2.22. The molecule has 1 aromatic heterocycles. The summed E-state index contributed by atoms with van der Waals surface area (Å²) in [5.41, 5.74) is 1.72. The van der Waals surface area contributed by atoms with Crippen molar-refractivity contribution in [2.75, 3.05) is 7.11 Å². The third-order valence-electron chi connectivity index (χ3n) is 3.37. The fourth-order valence-electron chi connectivity index (χ4n) is 2.45. The molecule has 0 radical (unpaired) electrons. The van der Waals surface area contributed by atoms with Crippen LogP contribution in [0.1, 0.15) is 36.9 Å². The van der Waals surface area contributed by atoms with Gasteiger partial charge in [0, 0.05) is 25.3 Å². The van der Waals surface area contributed by atoms with E-state index in [1.807, 2.05) is 19.1 Å². The molecular weight excluding hydrogens is 230 g/mol. The molecule has 1 fully saturated rings. The average molecular weight is 251 g/mol. The molecule has 4 nitrogen and oxygen atoms in total. The number of aliphatic hydroxyl groups excluding tert-OH is 1. The van der Waals surface area contributed by atoms with Gasteiger partial charge in [-0.1, -0.05) is 0 Å². The molecule has 1 N–H and O–H groups in total. The third kappa shape index (κ3) is 3.43. The minimum absolute atomic E-state index is 0.0189. The third-order valence-corrected chi connectivity index (χ3v) is 3.37. The zero-order valence-electron chi connectivity index (χ0n) is 11.1. The van der Waals surface area contributed by atoms with E-state index in [1.54, 1.807) is 7.11 Å². The second-order valence-corrected chi connectivity index (χ2v) is 4.88. The molecule has 100 valence electrons. The summed E-state index contributed by atoms with van der Waals surface area (Å²) in [5, 5.41) is 9.17. The van der Waals surface area contributed by atoms with E-state index in [9.17, 15) is 0 Å². The quantitative estimate of drug-likeness (QED) is 0.891. The van der Waals surface area contributed by atoms with E-state index in [4.69, 9.17) is 14.6 Å². The van der Waals surface area contributed by atoms with Crippen LogP contribution in [-0.2, 0) is 11.3 Å². The molecule has 2 atom stereocenters. The summed E-state index contributed by atoms with van der Waals surface area (Å²) in [6.45, 7) is 1.93. The van der Waals surface area contributed by atoms with E-state index in [0.29, 0.717) is 12.0 Å². The summed E-state index contributed by atoms with van der Waals surface area (Å²) in [5.74, 6) is 0.612. The number of rotatable bonds is 4. The van der Waals surface area contributed by atoms with Crippen LogP contribution in [0.15, 0.2) is 12.1 Å². The highest BCUT2D eigenvalue weighted by Crippen LogP contribution is 2.25. The molecule has 18 heavy (non-hydrogen) atoms. The molecule has 0 amide bonds. The number of hydrogen-bond donors (Lipinski definition) is 1. The monoisotopic (exact) mass is 251 g/mol. The number of nitrogens with zero attached hydrogens (tertiary/aromatic N) is 1. The van der Waals surface area contributed by atoms with Gasteiger partial charge < -0.3 is 14.6 Å². The number of hydrogen-bond acceptors (Lipinski definition) is 4. The van der Waals surface area contributed by atoms with Gasteiger partial charge >= 0.3 is 0 Å². The topological polar surface area (TPSA) is 51.6 Å². The number of pyridine rings is 1. The molecule has 0 aromatic carbocycles. The lowest BCUT2D eigenvalue weighted by Crippen LogP contribution is -2.29. The summed E-state index contributed by atoms with van der Waals surface area (Å²) < 4.78 is 11.3. The number of aromatic nitrogens is 1. The first-order valence-electron chi connectivity index (χ1n) is 6.49. The maximum absolute atomic E-state index is 9.17.